The lowest BCUT2D eigenvalue weighted by Gasteiger charge is -2.11. The zero-order chi connectivity index (χ0) is 10.1. The molecule has 1 atom stereocenters. The summed E-state index contributed by atoms with van der Waals surface area (Å²) in [5.74, 6) is 0.736. The van der Waals surface area contributed by atoms with Crippen LogP contribution in [0.1, 0.15) is 65.7 Å². The molecule has 0 fully saturated rings. The van der Waals surface area contributed by atoms with Crippen LogP contribution in [0.5, 0.6) is 0 Å². The molecule has 0 N–H and O–H groups in total. The van der Waals surface area contributed by atoms with E-state index in [2.05, 4.69) is 13.8 Å². The van der Waals surface area contributed by atoms with E-state index >= 15 is 0 Å². The first-order valence-electron chi connectivity index (χ1n) is 5.72. The van der Waals surface area contributed by atoms with Crippen molar-refractivity contribution in [3.63, 3.8) is 0 Å². The molecule has 0 bridgehead atoms. The van der Waals surface area contributed by atoms with Crippen molar-refractivity contribution in [2.75, 3.05) is 0 Å². The van der Waals surface area contributed by atoms with E-state index in [0.29, 0.717) is 11.7 Å². The zero-order valence-corrected chi connectivity index (χ0v) is 9.44. The van der Waals surface area contributed by atoms with Gasteiger partial charge >= 0.3 is 0 Å². The molecule has 78 valence electrons. The SMILES string of the molecule is CCCCCCC(CCC)C(C)=O. The van der Waals surface area contributed by atoms with Gasteiger partial charge < -0.3 is 0 Å². The van der Waals surface area contributed by atoms with Gasteiger partial charge in [-0.25, -0.2) is 0 Å². The van der Waals surface area contributed by atoms with Gasteiger partial charge in [-0.05, 0) is 19.8 Å². The lowest BCUT2D eigenvalue weighted by atomic mass is 9.93. The third kappa shape index (κ3) is 6.80. The number of carbonyl (C=O) groups excluding carboxylic acids is 1. The molecule has 0 saturated carbocycles. The average Bonchev–Trinajstić information content (AvgIpc) is 2.10. The Kier molecular flexibility index (Phi) is 8.07. The van der Waals surface area contributed by atoms with Gasteiger partial charge in [0.2, 0.25) is 0 Å². The first-order valence-corrected chi connectivity index (χ1v) is 5.72. The molecule has 1 nitrogen and oxygen atoms in total. The average molecular weight is 184 g/mol. The Morgan fingerprint density at radius 3 is 2.15 bits per heavy atom. The third-order valence-corrected chi connectivity index (χ3v) is 2.62. The predicted octanol–water partition coefficient (Wildman–Crippen LogP) is 3.96. The van der Waals surface area contributed by atoms with Crippen molar-refractivity contribution in [1.29, 1.82) is 0 Å². The number of Topliss-reactive ketones (excluding diaryl/α,β-unsaturated/α-hetero) is 1. The molecule has 0 aromatic rings. The van der Waals surface area contributed by atoms with Gasteiger partial charge in [0, 0.05) is 5.92 Å². The Hall–Kier alpha value is -0.330. The number of rotatable bonds is 8. The van der Waals surface area contributed by atoms with Crippen molar-refractivity contribution in [3.05, 3.63) is 0 Å². The van der Waals surface area contributed by atoms with Gasteiger partial charge in [-0.15, -0.1) is 0 Å². The Morgan fingerprint density at radius 2 is 1.69 bits per heavy atom. The van der Waals surface area contributed by atoms with Gasteiger partial charge in [-0.2, -0.15) is 0 Å². The molecule has 0 spiro atoms. The minimum Gasteiger partial charge on any atom is -0.300 e. The largest absolute Gasteiger partial charge is 0.300 e. The summed E-state index contributed by atoms with van der Waals surface area (Å²) >= 11 is 0. The van der Waals surface area contributed by atoms with Gasteiger partial charge in [0.15, 0.2) is 0 Å². The second-order valence-electron chi connectivity index (χ2n) is 3.95. The first kappa shape index (κ1) is 12.7. The van der Waals surface area contributed by atoms with E-state index in [1.807, 2.05) is 0 Å². The van der Waals surface area contributed by atoms with Crippen molar-refractivity contribution in [2.45, 2.75) is 65.7 Å². The van der Waals surface area contributed by atoms with Crippen LogP contribution in [0.15, 0.2) is 0 Å². The molecular weight excluding hydrogens is 160 g/mol. The quantitative estimate of drug-likeness (QED) is 0.522. The smallest absolute Gasteiger partial charge is 0.132 e. The normalized spacial score (nSPS) is 12.8. The summed E-state index contributed by atoms with van der Waals surface area (Å²) in [5.41, 5.74) is 0. The van der Waals surface area contributed by atoms with Crippen LogP contribution in [0.2, 0.25) is 0 Å². The Morgan fingerprint density at radius 1 is 1.00 bits per heavy atom. The lowest BCUT2D eigenvalue weighted by Crippen LogP contribution is -2.10. The maximum atomic E-state index is 11.2. The van der Waals surface area contributed by atoms with E-state index in [1.165, 1.54) is 25.7 Å². The second kappa shape index (κ2) is 8.28. The summed E-state index contributed by atoms with van der Waals surface area (Å²) in [6.45, 7) is 6.11. The number of unbranched alkanes of at least 4 members (excludes halogenated alkanes) is 3. The molecule has 0 radical (unpaired) electrons. The minimum atomic E-state index is 0.349. The zero-order valence-electron chi connectivity index (χ0n) is 9.44. The van der Waals surface area contributed by atoms with E-state index in [-0.39, 0.29) is 0 Å². The molecule has 0 rings (SSSR count). The Bertz CT molecular complexity index is 129. The van der Waals surface area contributed by atoms with Crippen LogP contribution >= 0.6 is 0 Å². The minimum absolute atomic E-state index is 0.349. The fourth-order valence-corrected chi connectivity index (χ4v) is 1.72. The molecule has 0 aromatic heterocycles. The van der Waals surface area contributed by atoms with Crippen LogP contribution < -0.4 is 0 Å². The Labute approximate surface area is 82.9 Å². The molecule has 1 unspecified atom stereocenters. The summed E-state index contributed by atoms with van der Waals surface area (Å²) < 4.78 is 0. The van der Waals surface area contributed by atoms with E-state index in [0.717, 1.165) is 19.3 Å². The lowest BCUT2D eigenvalue weighted by molar-refractivity contribution is -0.121. The van der Waals surface area contributed by atoms with Gasteiger partial charge in [-0.3, -0.25) is 4.79 Å². The van der Waals surface area contributed by atoms with Crippen LogP contribution in [-0.4, -0.2) is 5.78 Å². The Balaban J connectivity index is 3.51. The number of hydrogen-bond acceptors (Lipinski definition) is 1. The van der Waals surface area contributed by atoms with Gasteiger partial charge in [0.25, 0.3) is 0 Å². The fourth-order valence-electron chi connectivity index (χ4n) is 1.72. The summed E-state index contributed by atoms with van der Waals surface area (Å²) in [5, 5.41) is 0. The van der Waals surface area contributed by atoms with E-state index in [9.17, 15) is 4.79 Å². The number of ketones is 1. The molecule has 0 aliphatic rings. The summed E-state index contributed by atoms with van der Waals surface area (Å²) in [4.78, 5) is 11.2. The predicted molar refractivity (Wildman–Crippen MR) is 57.8 cm³/mol. The molecule has 0 aliphatic heterocycles. The van der Waals surface area contributed by atoms with Gasteiger partial charge in [-0.1, -0.05) is 46.0 Å². The number of carbonyl (C=O) groups is 1. The van der Waals surface area contributed by atoms with E-state index < -0.39 is 0 Å². The molecule has 0 aromatic carbocycles. The molecule has 1 heteroatoms. The maximum Gasteiger partial charge on any atom is 0.132 e. The highest BCUT2D eigenvalue weighted by Gasteiger charge is 2.11. The molecule has 0 heterocycles. The second-order valence-corrected chi connectivity index (χ2v) is 3.95. The van der Waals surface area contributed by atoms with Crippen LogP contribution in [0.25, 0.3) is 0 Å². The molecule has 0 saturated heterocycles. The first-order chi connectivity index (χ1) is 6.22. The monoisotopic (exact) mass is 184 g/mol. The highest BCUT2D eigenvalue weighted by atomic mass is 16.1. The summed E-state index contributed by atoms with van der Waals surface area (Å²) in [6, 6.07) is 0. The van der Waals surface area contributed by atoms with Gasteiger partial charge in [0.05, 0.1) is 0 Å². The molecular formula is C12H24O. The highest BCUT2D eigenvalue weighted by molar-refractivity contribution is 5.78. The fraction of sp³-hybridized carbons (Fsp3) is 0.917. The van der Waals surface area contributed by atoms with Crippen molar-refractivity contribution >= 4 is 5.78 Å². The van der Waals surface area contributed by atoms with Crippen LogP contribution in [0, 0.1) is 5.92 Å². The number of hydrogen-bond donors (Lipinski definition) is 0. The van der Waals surface area contributed by atoms with E-state index in [1.54, 1.807) is 6.92 Å². The summed E-state index contributed by atoms with van der Waals surface area (Å²) in [6.07, 6.45) is 8.46. The van der Waals surface area contributed by atoms with Crippen molar-refractivity contribution in [2.24, 2.45) is 5.92 Å². The molecule has 13 heavy (non-hydrogen) atoms. The van der Waals surface area contributed by atoms with Crippen molar-refractivity contribution < 1.29 is 4.79 Å². The van der Waals surface area contributed by atoms with Crippen molar-refractivity contribution in [1.82, 2.24) is 0 Å². The maximum absolute atomic E-state index is 11.2. The third-order valence-electron chi connectivity index (χ3n) is 2.62. The topological polar surface area (TPSA) is 17.1 Å². The van der Waals surface area contributed by atoms with Gasteiger partial charge in [0.1, 0.15) is 5.78 Å². The highest BCUT2D eigenvalue weighted by Crippen LogP contribution is 2.16. The molecule has 0 aliphatic carbocycles. The molecule has 0 amide bonds. The van der Waals surface area contributed by atoms with Crippen molar-refractivity contribution in [3.8, 4) is 0 Å². The van der Waals surface area contributed by atoms with E-state index in [4.69, 9.17) is 0 Å². The summed E-state index contributed by atoms with van der Waals surface area (Å²) in [7, 11) is 0. The standard InChI is InChI=1S/C12H24O/c1-4-6-7-8-10-12(9-5-2)11(3)13/h12H,4-10H2,1-3H3. The van der Waals surface area contributed by atoms with Crippen LogP contribution in [0.4, 0.5) is 0 Å². The van der Waals surface area contributed by atoms with Crippen LogP contribution in [-0.2, 0) is 4.79 Å². The van der Waals surface area contributed by atoms with Crippen LogP contribution in [0.3, 0.4) is 0 Å².